The average molecular weight is 375 g/mol. The minimum absolute atomic E-state index is 0.228. The molecule has 1 aromatic heterocycles. The van der Waals surface area contributed by atoms with E-state index in [9.17, 15) is 4.79 Å². The number of amidine groups is 1. The first-order chi connectivity index (χ1) is 13.2. The normalized spacial score (nSPS) is 15.2. The molecular weight excluding hydrogens is 358 g/mol. The number of ether oxygens (including phenoxy) is 1. The van der Waals surface area contributed by atoms with E-state index in [1.807, 2.05) is 60.7 Å². The van der Waals surface area contributed by atoms with Crippen LogP contribution < -0.4 is 10.1 Å². The molecule has 3 aromatic rings. The van der Waals surface area contributed by atoms with Crippen molar-refractivity contribution in [3.63, 3.8) is 0 Å². The number of carbonyl (C=O) groups is 1. The lowest BCUT2D eigenvalue weighted by atomic mass is 10.1. The zero-order chi connectivity index (χ0) is 18.6. The Bertz CT molecular complexity index is 1080. The molecule has 4 rings (SSSR count). The van der Waals surface area contributed by atoms with Gasteiger partial charge >= 0.3 is 0 Å². The van der Waals surface area contributed by atoms with Crippen molar-refractivity contribution in [1.82, 2.24) is 10.3 Å². The van der Waals surface area contributed by atoms with E-state index < -0.39 is 0 Å². The lowest BCUT2D eigenvalue weighted by Gasteiger charge is -2.09. The predicted octanol–water partition coefficient (Wildman–Crippen LogP) is 4.00. The first-order valence-electron chi connectivity index (χ1n) is 8.46. The summed E-state index contributed by atoms with van der Waals surface area (Å²) < 4.78 is 5.35. The first-order valence-corrected chi connectivity index (χ1v) is 9.28. The number of rotatable bonds is 4. The number of nitrogens with one attached hydrogen (secondary N) is 1. The second-order valence-corrected chi connectivity index (χ2v) is 6.98. The molecule has 2 aromatic carbocycles. The second-order valence-electron chi connectivity index (χ2n) is 5.95. The van der Waals surface area contributed by atoms with Crippen LogP contribution in [0.25, 0.3) is 17.0 Å². The molecule has 1 amide bonds. The Morgan fingerprint density at radius 2 is 2.04 bits per heavy atom. The van der Waals surface area contributed by atoms with Gasteiger partial charge in [-0.3, -0.25) is 9.78 Å². The van der Waals surface area contributed by atoms with Crippen LogP contribution >= 0.6 is 11.8 Å². The van der Waals surface area contributed by atoms with Crippen molar-refractivity contribution < 1.29 is 9.53 Å². The van der Waals surface area contributed by atoms with Gasteiger partial charge < -0.3 is 10.1 Å². The lowest BCUT2D eigenvalue weighted by Crippen LogP contribution is -2.18. The molecule has 0 aliphatic carbocycles. The van der Waals surface area contributed by atoms with E-state index in [4.69, 9.17) is 4.74 Å². The third kappa shape index (κ3) is 3.85. The van der Waals surface area contributed by atoms with E-state index in [1.165, 1.54) is 11.8 Å². The van der Waals surface area contributed by atoms with Gasteiger partial charge in [-0.25, -0.2) is 0 Å². The Morgan fingerprint density at radius 3 is 2.93 bits per heavy atom. The van der Waals surface area contributed by atoms with Crippen molar-refractivity contribution in [3.05, 3.63) is 76.8 Å². The number of hydrogen-bond donors (Lipinski definition) is 1. The summed E-state index contributed by atoms with van der Waals surface area (Å²) in [5.74, 6) is 0.578. The van der Waals surface area contributed by atoms with E-state index in [0.717, 1.165) is 27.8 Å². The van der Waals surface area contributed by atoms with Crippen LogP contribution in [0.3, 0.4) is 0 Å². The Kier molecular flexibility index (Phi) is 4.89. The fourth-order valence-corrected chi connectivity index (χ4v) is 3.65. The Hall–Kier alpha value is -3.12. The van der Waals surface area contributed by atoms with E-state index in [-0.39, 0.29) is 5.91 Å². The van der Waals surface area contributed by atoms with Crippen molar-refractivity contribution in [2.24, 2.45) is 4.99 Å². The number of aromatic nitrogens is 1. The van der Waals surface area contributed by atoms with Crippen LogP contribution in [-0.4, -0.2) is 23.2 Å². The molecule has 27 heavy (non-hydrogen) atoms. The molecule has 1 aliphatic heterocycles. The third-order valence-electron chi connectivity index (χ3n) is 4.17. The molecule has 0 spiro atoms. The molecule has 0 saturated heterocycles. The van der Waals surface area contributed by atoms with Gasteiger partial charge in [0.25, 0.3) is 5.91 Å². The van der Waals surface area contributed by atoms with Gasteiger partial charge in [-0.15, -0.1) is 0 Å². The molecule has 1 N–H and O–H groups in total. The zero-order valence-corrected chi connectivity index (χ0v) is 15.5. The Morgan fingerprint density at radius 1 is 1.15 bits per heavy atom. The van der Waals surface area contributed by atoms with Crippen LogP contribution in [0.5, 0.6) is 5.75 Å². The fraction of sp³-hybridized carbons (Fsp3) is 0.0952. The molecule has 6 heteroatoms. The van der Waals surface area contributed by atoms with Gasteiger partial charge in [0.05, 0.1) is 17.5 Å². The van der Waals surface area contributed by atoms with Gasteiger partial charge in [0, 0.05) is 23.7 Å². The fourth-order valence-electron chi connectivity index (χ4n) is 2.84. The number of thioether (sulfide) groups is 1. The number of amides is 1. The molecule has 0 saturated carbocycles. The van der Waals surface area contributed by atoms with E-state index in [1.54, 1.807) is 13.3 Å². The average Bonchev–Trinajstić information content (AvgIpc) is 3.05. The number of para-hydroxylation sites is 1. The summed E-state index contributed by atoms with van der Waals surface area (Å²) >= 11 is 1.35. The molecule has 0 fully saturated rings. The maximum atomic E-state index is 12.2. The van der Waals surface area contributed by atoms with Crippen LogP contribution in [0, 0.1) is 0 Å². The summed E-state index contributed by atoms with van der Waals surface area (Å²) in [5.41, 5.74) is 2.89. The van der Waals surface area contributed by atoms with Gasteiger partial charge in [-0.2, -0.15) is 4.99 Å². The number of pyridine rings is 1. The highest BCUT2D eigenvalue weighted by Crippen LogP contribution is 2.28. The van der Waals surface area contributed by atoms with Crippen LogP contribution in [-0.2, 0) is 11.3 Å². The SMILES string of the molecule is COc1ccccc1CNC1=NC(=O)/C(=C/c2ccc3ncccc3c2)S1. The van der Waals surface area contributed by atoms with Crippen molar-refractivity contribution in [3.8, 4) is 5.75 Å². The van der Waals surface area contributed by atoms with Crippen LogP contribution in [0.2, 0.25) is 0 Å². The topological polar surface area (TPSA) is 63.6 Å². The van der Waals surface area contributed by atoms with Crippen LogP contribution in [0.1, 0.15) is 11.1 Å². The summed E-state index contributed by atoms with van der Waals surface area (Å²) in [6.45, 7) is 0.540. The molecular formula is C21H17N3O2S. The molecule has 2 heterocycles. The molecule has 5 nitrogen and oxygen atoms in total. The molecule has 0 unspecified atom stereocenters. The Labute approximate surface area is 161 Å². The number of fused-ring (bicyclic) bond motifs is 1. The molecule has 1 aliphatic rings. The Balaban J connectivity index is 1.47. The van der Waals surface area contributed by atoms with Crippen molar-refractivity contribution in [2.75, 3.05) is 7.11 Å². The highest BCUT2D eigenvalue weighted by molar-refractivity contribution is 8.18. The molecule has 0 bridgehead atoms. The molecule has 134 valence electrons. The van der Waals surface area contributed by atoms with Crippen molar-refractivity contribution in [2.45, 2.75) is 6.54 Å². The number of nitrogens with zero attached hydrogens (tertiary/aromatic N) is 2. The van der Waals surface area contributed by atoms with Gasteiger partial charge in [0.1, 0.15) is 5.75 Å². The largest absolute Gasteiger partial charge is 0.496 e. The highest BCUT2D eigenvalue weighted by Gasteiger charge is 2.21. The summed E-state index contributed by atoms with van der Waals surface area (Å²) in [5, 5.41) is 4.85. The zero-order valence-electron chi connectivity index (χ0n) is 14.7. The highest BCUT2D eigenvalue weighted by atomic mass is 32.2. The number of aliphatic imine (C=N–C) groups is 1. The maximum absolute atomic E-state index is 12.2. The second kappa shape index (κ2) is 7.63. The van der Waals surface area contributed by atoms with Gasteiger partial charge in [-0.05, 0) is 47.7 Å². The van der Waals surface area contributed by atoms with Crippen LogP contribution in [0.4, 0.5) is 0 Å². The smallest absolute Gasteiger partial charge is 0.286 e. The number of hydrogen-bond acceptors (Lipinski definition) is 5. The monoisotopic (exact) mass is 375 g/mol. The van der Waals surface area contributed by atoms with E-state index in [0.29, 0.717) is 16.6 Å². The molecule has 0 radical (unpaired) electrons. The summed E-state index contributed by atoms with van der Waals surface area (Å²) in [7, 11) is 1.64. The van der Waals surface area contributed by atoms with Crippen molar-refractivity contribution in [1.29, 1.82) is 0 Å². The standard InChI is InChI=1S/C21H17N3O2S/c1-26-18-7-3-2-5-16(18)13-23-21-24-20(25)19(27-21)12-14-8-9-17-15(11-14)6-4-10-22-17/h2-12H,13H2,1H3,(H,23,24,25)/b19-12-. The van der Waals surface area contributed by atoms with E-state index in [2.05, 4.69) is 15.3 Å². The summed E-state index contributed by atoms with van der Waals surface area (Å²) in [4.78, 5) is 21.3. The van der Waals surface area contributed by atoms with Crippen LogP contribution in [0.15, 0.2) is 70.7 Å². The lowest BCUT2D eigenvalue weighted by molar-refractivity contribution is -0.113. The van der Waals surface area contributed by atoms with Gasteiger partial charge in [0.2, 0.25) is 0 Å². The maximum Gasteiger partial charge on any atom is 0.286 e. The minimum atomic E-state index is -0.228. The number of carbonyl (C=O) groups excluding carboxylic acids is 1. The van der Waals surface area contributed by atoms with Crippen molar-refractivity contribution >= 4 is 39.8 Å². The predicted molar refractivity (Wildman–Crippen MR) is 110 cm³/mol. The quantitative estimate of drug-likeness (QED) is 0.698. The van der Waals surface area contributed by atoms with Gasteiger partial charge in [-0.1, -0.05) is 30.3 Å². The summed E-state index contributed by atoms with van der Waals surface area (Å²) in [6, 6.07) is 17.6. The van der Waals surface area contributed by atoms with Gasteiger partial charge in [0.15, 0.2) is 5.17 Å². The van der Waals surface area contributed by atoms with E-state index >= 15 is 0 Å². The third-order valence-corrected chi connectivity index (χ3v) is 5.11. The first kappa shape index (κ1) is 17.3. The number of methoxy groups -OCH3 is 1. The molecule has 0 atom stereocenters. The summed E-state index contributed by atoms with van der Waals surface area (Å²) in [6.07, 6.45) is 3.63. The number of benzene rings is 2. The minimum Gasteiger partial charge on any atom is -0.496 e.